The Hall–Kier alpha value is -2.21. The van der Waals surface area contributed by atoms with E-state index >= 15 is 0 Å². The summed E-state index contributed by atoms with van der Waals surface area (Å²) in [5.41, 5.74) is 0.594. The zero-order valence-electron chi connectivity index (χ0n) is 11.7. The first-order valence-electron chi connectivity index (χ1n) is 6.20. The van der Waals surface area contributed by atoms with Crippen LogP contribution in [0.4, 0.5) is 5.69 Å². The minimum Gasteiger partial charge on any atom is -0.476 e. The molecule has 0 spiro atoms. The number of rotatable bonds is 5. The summed E-state index contributed by atoms with van der Waals surface area (Å²) in [5.74, 6) is -1.11. The summed E-state index contributed by atoms with van der Waals surface area (Å²) in [6.45, 7) is 4.29. The zero-order valence-corrected chi connectivity index (χ0v) is 11.7. The van der Waals surface area contributed by atoms with Gasteiger partial charge in [-0.25, -0.2) is 4.79 Å². The van der Waals surface area contributed by atoms with Gasteiger partial charge in [-0.2, -0.15) is 0 Å². The minimum atomic E-state index is -1.11. The maximum Gasteiger partial charge on any atom is 0.358 e. The molecule has 1 aromatic carbocycles. The highest BCUT2D eigenvalue weighted by Gasteiger charge is 2.23. The summed E-state index contributed by atoms with van der Waals surface area (Å²) in [6, 6.07) is 7.29. The van der Waals surface area contributed by atoms with Gasteiger partial charge in [-0.1, -0.05) is 18.2 Å². The molecule has 1 heterocycles. The molecule has 6 nitrogen and oxygen atoms in total. The van der Waals surface area contributed by atoms with Gasteiger partial charge in [0.05, 0.1) is 23.3 Å². The Morgan fingerprint density at radius 3 is 2.70 bits per heavy atom. The van der Waals surface area contributed by atoms with E-state index in [2.05, 4.69) is 15.5 Å². The molecule has 0 radical (unpaired) electrons. The molecule has 0 bridgehead atoms. The second-order valence-electron chi connectivity index (χ2n) is 5.19. The van der Waals surface area contributed by atoms with Crippen molar-refractivity contribution in [2.45, 2.75) is 19.4 Å². The van der Waals surface area contributed by atoms with Crippen molar-refractivity contribution in [3.63, 3.8) is 0 Å². The molecule has 0 unspecified atom stereocenters. The van der Waals surface area contributed by atoms with Crippen LogP contribution in [-0.2, 0) is 4.74 Å². The molecule has 0 aliphatic rings. The molecule has 0 aliphatic carbocycles. The highest BCUT2D eigenvalue weighted by atomic mass is 16.5. The van der Waals surface area contributed by atoms with E-state index in [0.29, 0.717) is 17.8 Å². The predicted octanol–water partition coefficient (Wildman–Crippen LogP) is 2.16. The Kier molecular flexibility index (Phi) is 3.85. The molecule has 20 heavy (non-hydrogen) atoms. The number of carboxylic acid groups (broad SMARTS) is 1. The summed E-state index contributed by atoms with van der Waals surface area (Å²) in [5, 5.41) is 20.9. The first-order chi connectivity index (χ1) is 9.44. The Labute approximate surface area is 116 Å². The summed E-state index contributed by atoms with van der Waals surface area (Å²) in [6.07, 6.45) is 0. The predicted molar refractivity (Wildman–Crippen MR) is 76.1 cm³/mol. The third-order valence-electron chi connectivity index (χ3n) is 2.84. The fraction of sp³-hybridized carbons (Fsp3) is 0.357. The number of carbonyl (C=O) groups is 1. The lowest BCUT2D eigenvalue weighted by molar-refractivity contribution is 0.0690. The molecule has 2 N–H and O–H groups in total. The van der Waals surface area contributed by atoms with E-state index in [1.807, 2.05) is 32.0 Å². The summed E-state index contributed by atoms with van der Waals surface area (Å²) < 4.78 is 5.15. The third kappa shape index (κ3) is 2.85. The number of ether oxygens (including phenoxy) is 1. The van der Waals surface area contributed by atoms with Gasteiger partial charge >= 0.3 is 5.97 Å². The Balaban J connectivity index is 2.58. The lowest BCUT2D eigenvalue weighted by Gasteiger charge is -2.27. The normalized spacial score (nSPS) is 11.6. The molecule has 6 heteroatoms. The molecule has 2 aromatic rings. The number of hydrogen-bond donors (Lipinski definition) is 2. The van der Waals surface area contributed by atoms with Gasteiger partial charge < -0.3 is 15.2 Å². The van der Waals surface area contributed by atoms with E-state index in [1.165, 1.54) is 0 Å². The van der Waals surface area contributed by atoms with Crippen LogP contribution in [0.5, 0.6) is 0 Å². The van der Waals surface area contributed by atoms with Crippen molar-refractivity contribution in [3.8, 4) is 0 Å². The van der Waals surface area contributed by atoms with Crippen LogP contribution in [0.2, 0.25) is 0 Å². The standard InChI is InChI=1S/C14H17N3O3/c1-14(2,8-20-3)15-11-9-6-4-5-7-10(9)16-17-12(11)13(18)19/h4-7H,8H2,1-3H3,(H,15,16)(H,18,19). The maximum absolute atomic E-state index is 11.3. The number of aromatic nitrogens is 2. The quantitative estimate of drug-likeness (QED) is 0.870. The number of aromatic carboxylic acids is 1. The zero-order chi connectivity index (χ0) is 14.8. The van der Waals surface area contributed by atoms with Gasteiger partial charge in [0.1, 0.15) is 0 Å². The molecular weight excluding hydrogens is 258 g/mol. The Morgan fingerprint density at radius 2 is 2.05 bits per heavy atom. The number of benzene rings is 1. The highest BCUT2D eigenvalue weighted by Crippen LogP contribution is 2.27. The van der Waals surface area contributed by atoms with E-state index in [1.54, 1.807) is 13.2 Å². The van der Waals surface area contributed by atoms with Crippen LogP contribution in [0.25, 0.3) is 10.9 Å². The van der Waals surface area contributed by atoms with Crippen LogP contribution < -0.4 is 5.32 Å². The maximum atomic E-state index is 11.3. The van der Waals surface area contributed by atoms with Crippen LogP contribution >= 0.6 is 0 Å². The Bertz CT molecular complexity index is 641. The second-order valence-corrected chi connectivity index (χ2v) is 5.19. The lowest BCUT2D eigenvalue weighted by Crippen LogP contribution is -2.36. The minimum absolute atomic E-state index is 0.0899. The molecule has 0 saturated carbocycles. The lowest BCUT2D eigenvalue weighted by atomic mass is 10.0. The van der Waals surface area contributed by atoms with Gasteiger partial charge in [0.15, 0.2) is 5.69 Å². The monoisotopic (exact) mass is 275 g/mol. The average Bonchev–Trinajstić information content (AvgIpc) is 2.38. The molecule has 0 amide bonds. The molecule has 106 valence electrons. The molecule has 0 atom stereocenters. The topological polar surface area (TPSA) is 84.3 Å². The molecular formula is C14H17N3O3. The summed E-state index contributed by atoms with van der Waals surface area (Å²) in [4.78, 5) is 11.3. The van der Waals surface area contributed by atoms with Gasteiger partial charge in [0.2, 0.25) is 0 Å². The summed E-state index contributed by atoms with van der Waals surface area (Å²) >= 11 is 0. The largest absolute Gasteiger partial charge is 0.476 e. The van der Waals surface area contributed by atoms with Crippen molar-refractivity contribution in [1.29, 1.82) is 0 Å². The van der Waals surface area contributed by atoms with Crippen molar-refractivity contribution in [3.05, 3.63) is 30.0 Å². The van der Waals surface area contributed by atoms with Gasteiger partial charge in [-0.05, 0) is 19.9 Å². The van der Waals surface area contributed by atoms with Crippen molar-refractivity contribution < 1.29 is 14.6 Å². The third-order valence-corrected chi connectivity index (χ3v) is 2.84. The average molecular weight is 275 g/mol. The first kappa shape index (κ1) is 14.2. The van der Waals surface area contributed by atoms with E-state index in [-0.39, 0.29) is 5.69 Å². The first-order valence-corrected chi connectivity index (χ1v) is 6.20. The molecule has 0 aliphatic heterocycles. The number of carboxylic acids is 1. The van der Waals surface area contributed by atoms with Crippen molar-refractivity contribution in [2.75, 3.05) is 19.0 Å². The van der Waals surface area contributed by atoms with E-state index < -0.39 is 11.5 Å². The van der Waals surface area contributed by atoms with Crippen LogP contribution in [0, 0.1) is 0 Å². The SMILES string of the molecule is COCC(C)(C)Nc1c(C(=O)O)nnc2ccccc12. The number of fused-ring (bicyclic) bond motifs is 1. The molecule has 2 rings (SSSR count). The van der Waals surface area contributed by atoms with Crippen LogP contribution in [-0.4, -0.2) is 40.5 Å². The van der Waals surface area contributed by atoms with Gasteiger partial charge in [-0.15, -0.1) is 10.2 Å². The van der Waals surface area contributed by atoms with E-state index in [0.717, 1.165) is 5.39 Å². The molecule has 0 saturated heterocycles. The smallest absolute Gasteiger partial charge is 0.358 e. The number of hydrogen-bond acceptors (Lipinski definition) is 5. The number of anilines is 1. The van der Waals surface area contributed by atoms with Crippen molar-refractivity contribution in [1.82, 2.24) is 10.2 Å². The van der Waals surface area contributed by atoms with Gasteiger partial charge in [0, 0.05) is 12.5 Å². The second kappa shape index (κ2) is 5.42. The fourth-order valence-electron chi connectivity index (χ4n) is 2.07. The van der Waals surface area contributed by atoms with Crippen molar-refractivity contribution in [2.24, 2.45) is 0 Å². The van der Waals surface area contributed by atoms with Crippen molar-refractivity contribution >= 4 is 22.6 Å². The van der Waals surface area contributed by atoms with Gasteiger partial charge in [-0.3, -0.25) is 0 Å². The van der Waals surface area contributed by atoms with Crippen LogP contribution in [0.3, 0.4) is 0 Å². The van der Waals surface area contributed by atoms with Gasteiger partial charge in [0.25, 0.3) is 0 Å². The van der Waals surface area contributed by atoms with Crippen LogP contribution in [0.15, 0.2) is 24.3 Å². The number of nitrogens with zero attached hydrogens (tertiary/aromatic N) is 2. The highest BCUT2D eigenvalue weighted by molar-refractivity contribution is 6.02. The van der Waals surface area contributed by atoms with Crippen LogP contribution in [0.1, 0.15) is 24.3 Å². The summed E-state index contributed by atoms with van der Waals surface area (Å²) in [7, 11) is 1.60. The number of methoxy groups -OCH3 is 1. The Morgan fingerprint density at radius 1 is 1.35 bits per heavy atom. The van der Waals surface area contributed by atoms with E-state index in [4.69, 9.17) is 4.74 Å². The number of nitrogens with one attached hydrogen (secondary N) is 1. The molecule has 1 aromatic heterocycles. The molecule has 0 fully saturated rings. The fourth-order valence-corrected chi connectivity index (χ4v) is 2.07. The van der Waals surface area contributed by atoms with E-state index in [9.17, 15) is 9.90 Å².